The quantitative estimate of drug-likeness (QED) is 0.794. The van der Waals surface area contributed by atoms with E-state index in [-0.39, 0.29) is 22.6 Å². The Bertz CT molecular complexity index is 911. The number of rotatable bonds is 4. The molecule has 27 heavy (non-hydrogen) atoms. The van der Waals surface area contributed by atoms with Gasteiger partial charge >= 0.3 is 11.8 Å². The van der Waals surface area contributed by atoms with Gasteiger partial charge in [-0.25, -0.2) is 8.42 Å². The topological polar surface area (TPSA) is 96.6 Å². The maximum absolute atomic E-state index is 12.6. The highest BCUT2D eigenvalue weighted by Crippen LogP contribution is 2.25. The van der Waals surface area contributed by atoms with E-state index in [4.69, 9.17) is 4.42 Å². The molecule has 0 aliphatic carbocycles. The Morgan fingerprint density at radius 1 is 0.889 bits per heavy atom. The Morgan fingerprint density at radius 2 is 1.52 bits per heavy atom. The molecular formula is C18H22N4O4S. The molecule has 0 saturated carbocycles. The number of amides is 1. The van der Waals surface area contributed by atoms with Crippen LogP contribution in [-0.2, 0) is 10.0 Å². The van der Waals surface area contributed by atoms with E-state index in [2.05, 4.69) is 10.2 Å². The summed E-state index contributed by atoms with van der Waals surface area (Å²) in [4.78, 5) is 14.4. The zero-order chi connectivity index (χ0) is 18.9. The van der Waals surface area contributed by atoms with E-state index >= 15 is 0 Å². The molecule has 2 aliphatic rings. The van der Waals surface area contributed by atoms with Gasteiger partial charge in [0.1, 0.15) is 0 Å². The lowest BCUT2D eigenvalue weighted by molar-refractivity contribution is 0.0684. The Morgan fingerprint density at radius 3 is 2.19 bits per heavy atom. The predicted octanol–water partition coefficient (Wildman–Crippen LogP) is 2.15. The van der Waals surface area contributed by atoms with Gasteiger partial charge in [0, 0.05) is 31.7 Å². The first-order valence-electron chi connectivity index (χ1n) is 9.29. The first kappa shape index (κ1) is 18.1. The van der Waals surface area contributed by atoms with Gasteiger partial charge in [0.05, 0.1) is 4.90 Å². The molecule has 0 unspecified atom stereocenters. The van der Waals surface area contributed by atoms with E-state index in [1.54, 1.807) is 29.2 Å². The van der Waals surface area contributed by atoms with Crippen molar-refractivity contribution in [3.05, 3.63) is 30.2 Å². The average molecular weight is 390 g/mol. The highest BCUT2D eigenvalue weighted by molar-refractivity contribution is 7.89. The standard InChI is InChI=1S/C18H22N4O4S/c23-18(21-10-2-1-3-11-21)17-20-19-16(26-17)14-6-8-15(9-7-14)27(24,25)22-12-4-5-13-22/h6-9H,1-5,10-13H2. The molecule has 0 N–H and O–H groups in total. The zero-order valence-electron chi connectivity index (χ0n) is 15.0. The van der Waals surface area contributed by atoms with Gasteiger partial charge < -0.3 is 9.32 Å². The lowest BCUT2D eigenvalue weighted by Crippen LogP contribution is -2.35. The first-order chi connectivity index (χ1) is 13.1. The minimum Gasteiger partial charge on any atom is -0.412 e. The van der Waals surface area contributed by atoms with Crippen molar-refractivity contribution >= 4 is 15.9 Å². The molecular weight excluding hydrogens is 368 g/mol. The van der Waals surface area contributed by atoms with E-state index in [0.717, 1.165) is 32.1 Å². The number of benzene rings is 1. The number of aromatic nitrogens is 2. The van der Waals surface area contributed by atoms with Crippen LogP contribution in [-0.4, -0.2) is 59.9 Å². The van der Waals surface area contributed by atoms with Gasteiger partial charge in [0.2, 0.25) is 15.9 Å². The summed E-state index contributed by atoms with van der Waals surface area (Å²) >= 11 is 0. The van der Waals surface area contributed by atoms with Gasteiger partial charge in [-0.05, 0) is 56.4 Å². The molecule has 2 fully saturated rings. The van der Waals surface area contributed by atoms with Crippen LogP contribution in [0, 0.1) is 0 Å². The van der Waals surface area contributed by atoms with E-state index in [9.17, 15) is 13.2 Å². The summed E-state index contributed by atoms with van der Waals surface area (Å²) in [6.45, 7) is 2.55. The summed E-state index contributed by atoms with van der Waals surface area (Å²) in [5.41, 5.74) is 0.584. The van der Waals surface area contributed by atoms with Crippen LogP contribution in [0.2, 0.25) is 0 Å². The number of hydrogen-bond donors (Lipinski definition) is 0. The van der Waals surface area contributed by atoms with Crippen LogP contribution in [0.4, 0.5) is 0 Å². The highest BCUT2D eigenvalue weighted by Gasteiger charge is 2.27. The molecule has 0 radical (unpaired) electrons. The maximum Gasteiger partial charge on any atom is 0.311 e. The monoisotopic (exact) mass is 390 g/mol. The van der Waals surface area contributed by atoms with Gasteiger partial charge in [-0.15, -0.1) is 10.2 Å². The van der Waals surface area contributed by atoms with E-state index in [1.807, 2.05) is 0 Å². The van der Waals surface area contributed by atoms with Gasteiger partial charge in [-0.2, -0.15) is 4.31 Å². The summed E-state index contributed by atoms with van der Waals surface area (Å²) in [5, 5.41) is 7.82. The minimum atomic E-state index is -3.45. The maximum atomic E-state index is 12.6. The highest BCUT2D eigenvalue weighted by atomic mass is 32.2. The molecule has 9 heteroatoms. The number of sulfonamides is 1. The van der Waals surface area contributed by atoms with E-state index in [1.165, 1.54) is 4.31 Å². The normalized spacial score (nSPS) is 18.7. The number of nitrogens with zero attached hydrogens (tertiary/aromatic N) is 4. The first-order valence-corrected chi connectivity index (χ1v) is 10.7. The number of carbonyl (C=O) groups excluding carboxylic acids is 1. The molecule has 8 nitrogen and oxygen atoms in total. The number of likely N-dealkylation sites (tertiary alicyclic amines) is 1. The second-order valence-corrected chi connectivity index (χ2v) is 8.84. The van der Waals surface area contributed by atoms with Crippen molar-refractivity contribution in [3.63, 3.8) is 0 Å². The fourth-order valence-electron chi connectivity index (χ4n) is 3.51. The zero-order valence-corrected chi connectivity index (χ0v) is 15.8. The predicted molar refractivity (Wildman–Crippen MR) is 97.5 cm³/mol. The third-order valence-corrected chi connectivity index (χ3v) is 6.97. The largest absolute Gasteiger partial charge is 0.412 e. The summed E-state index contributed by atoms with van der Waals surface area (Å²) in [7, 11) is -3.45. The second-order valence-electron chi connectivity index (χ2n) is 6.90. The van der Waals surface area contributed by atoms with Crippen molar-refractivity contribution in [2.24, 2.45) is 0 Å². The molecule has 1 aromatic carbocycles. The summed E-state index contributed by atoms with van der Waals surface area (Å²) in [5.74, 6) is -0.0668. The van der Waals surface area contributed by atoms with Gasteiger partial charge in [0.15, 0.2) is 0 Å². The van der Waals surface area contributed by atoms with Gasteiger partial charge in [-0.1, -0.05) is 0 Å². The Labute approximate surface area is 158 Å². The van der Waals surface area contributed by atoms with Crippen LogP contribution >= 0.6 is 0 Å². The molecule has 0 bridgehead atoms. The third-order valence-electron chi connectivity index (χ3n) is 5.06. The fraction of sp³-hybridized carbons (Fsp3) is 0.500. The lowest BCUT2D eigenvalue weighted by atomic mass is 10.1. The summed E-state index contributed by atoms with van der Waals surface area (Å²) < 4.78 is 32.2. The molecule has 2 aliphatic heterocycles. The summed E-state index contributed by atoms with van der Waals surface area (Å²) in [6.07, 6.45) is 4.89. The SMILES string of the molecule is O=C(c1nnc(-c2ccc(S(=O)(=O)N3CCCC3)cc2)o1)N1CCCCC1. The second kappa shape index (κ2) is 7.40. The van der Waals surface area contributed by atoms with Crippen LogP contribution in [0.5, 0.6) is 0 Å². The fourth-order valence-corrected chi connectivity index (χ4v) is 5.02. The van der Waals surface area contributed by atoms with Crippen molar-refractivity contribution < 1.29 is 17.6 Å². The summed E-state index contributed by atoms with van der Waals surface area (Å²) in [6, 6.07) is 6.34. The molecule has 2 aromatic rings. The molecule has 0 spiro atoms. The molecule has 1 aromatic heterocycles. The van der Waals surface area contributed by atoms with Crippen LogP contribution in [0.15, 0.2) is 33.6 Å². The van der Waals surface area contributed by atoms with Crippen LogP contribution in [0.25, 0.3) is 11.5 Å². The van der Waals surface area contributed by atoms with E-state index in [0.29, 0.717) is 31.7 Å². The number of hydrogen-bond acceptors (Lipinski definition) is 6. The molecule has 4 rings (SSSR count). The molecule has 2 saturated heterocycles. The number of piperidine rings is 1. The van der Waals surface area contributed by atoms with Crippen LogP contribution in [0.3, 0.4) is 0 Å². The third kappa shape index (κ3) is 3.61. The van der Waals surface area contributed by atoms with Gasteiger partial charge in [-0.3, -0.25) is 4.79 Å². The Balaban J connectivity index is 1.51. The van der Waals surface area contributed by atoms with Crippen molar-refractivity contribution in [2.45, 2.75) is 37.0 Å². The van der Waals surface area contributed by atoms with Crippen molar-refractivity contribution in [1.29, 1.82) is 0 Å². The van der Waals surface area contributed by atoms with Crippen LogP contribution < -0.4 is 0 Å². The lowest BCUT2D eigenvalue weighted by Gasteiger charge is -2.24. The van der Waals surface area contributed by atoms with Crippen molar-refractivity contribution in [3.8, 4) is 11.5 Å². The van der Waals surface area contributed by atoms with Crippen molar-refractivity contribution in [1.82, 2.24) is 19.4 Å². The molecule has 144 valence electrons. The minimum absolute atomic E-state index is 0.0272. The smallest absolute Gasteiger partial charge is 0.311 e. The molecule has 3 heterocycles. The van der Waals surface area contributed by atoms with Gasteiger partial charge in [0.25, 0.3) is 0 Å². The Kier molecular flexibility index (Phi) is 4.96. The van der Waals surface area contributed by atoms with Crippen LogP contribution in [0.1, 0.15) is 42.8 Å². The van der Waals surface area contributed by atoms with Crippen molar-refractivity contribution in [2.75, 3.05) is 26.2 Å². The average Bonchev–Trinajstić information content (AvgIpc) is 3.41. The molecule has 0 atom stereocenters. The van der Waals surface area contributed by atoms with E-state index < -0.39 is 10.0 Å². The number of carbonyl (C=O) groups is 1. The Hall–Kier alpha value is -2.26. The molecule has 1 amide bonds.